The fourth-order valence-corrected chi connectivity index (χ4v) is 3.26. The fourth-order valence-electron chi connectivity index (χ4n) is 1.21. The van der Waals surface area contributed by atoms with Gasteiger partial charge in [-0.3, -0.25) is 4.79 Å². The lowest BCUT2D eigenvalue weighted by atomic mass is 10.1. The molecule has 0 unspecified atom stereocenters. The van der Waals surface area contributed by atoms with Crippen LogP contribution in [0, 0.1) is 0 Å². The molecule has 0 atom stereocenters. The van der Waals surface area contributed by atoms with Crippen LogP contribution in [0.5, 0.6) is 0 Å². The number of carbonyl (C=O) groups excluding carboxylic acids is 1. The number of hydrogen-bond acceptors (Lipinski definition) is 3. The number of ketones is 1. The molecule has 1 rings (SSSR count). The molecule has 0 spiro atoms. The summed E-state index contributed by atoms with van der Waals surface area (Å²) in [6.07, 6.45) is 0. The Morgan fingerprint density at radius 1 is 1.28 bits per heavy atom. The van der Waals surface area contributed by atoms with E-state index in [0.717, 1.165) is 4.31 Å². The van der Waals surface area contributed by atoms with Crippen LogP contribution in [0.2, 0.25) is 10.0 Å². The predicted octanol–water partition coefficient (Wildman–Crippen LogP) is 2.82. The number of nitrogens with zero attached hydrogens (tertiary/aromatic N) is 1. The lowest BCUT2D eigenvalue weighted by molar-refractivity contribution is 0.102. The molecule has 0 aromatic heterocycles. The van der Waals surface area contributed by atoms with Crippen molar-refractivity contribution in [1.29, 1.82) is 0 Å². The molecule has 8 heteroatoms. The van der Waals surface area contributed by atoms with Gasteiger partial charge in [-0.05, 0) is 12.1 Å². The second-order valence-electron chi connectivity index (χ2n) is 3.61. The summed E-state index contributed by atoms with van der Waals surface area (Å²) in [4.78, 5) is 11.5. The SMILES string of the molecule is CN(C)S(=O)(=O)c1cc(C(=O)CBr)c(Cl)cc1Cl. The monoisotopic (exact) mass is 373 g/mol. The Morgan fingerprint density at radius 3 is 2.28 bits per heavy atom. The molecule has 0 N–H and O–H groups in total. The molecule has 0 radical (unpaired) electrons. The van der Waals surface area contributed by atoms with Crippen molar-refractivity contribution in [2.45, 2.75) is 4.90 Å². The number of alkyl halides is 1. The van der Waals surface area contributed by atoms with Crippen molar-refractivity contribution in [1.82, 2.24) is 4.31 Å². The minimum atomic E-state index is -3.71. The first-order valence-corrected chi connectivity index (χ1v) is 8.04. The summed E-state index contributed by atoms with van der Waals surface area (Å²) in [5.41, 5.74) is 0.123. The molecule has 0 amide bonds. The Hall–Kier alpha value is -0.140. The number of halogens is 3. The molecule has 18 heavy (non-hydrogen) atoms. The fraction of sp³-hybridized carbons (Fsp3) is 0.300. The molecule has 1 aromatic rings. The highest BCUT2D eigenvalue weighted by molar-refractivity contribution is 9.09. The summed E-state index contributed by atoms with van der Waals surface area (Å²) in [6, 6.07) is 2.46. The number of sulfonamides is 1. The van der Waals surface area contributed by atoms with E-state index in [-0.39, 0.29) is 31.6 Å². The standard InChI is InChI=1S/C10H10BrCl2NO3S/c1-14(2)18(16,17)10-3-6(9(15)5-11)7(12)4-8(10)13/h3-4H,5H2,1-2H3. The Morgan fingerprint density at radius 2 is 1.83 bits per heavy atom. The second-order valence-corrected chi connectivity index (χ2v) is 7.10. The largest absolute Gasteiger partial charge is 0.293 e. The van der Waals surface area contributed by atoms with Crippen molar-refractivity contribution in [3.63, 3.8) is 0 Å². The number of Topliss-reactive ketones (excluding diaryl/α,β-unsaturated/α-hetero) is 1. The third-order valence-electron chi connectivity index (χ3n) is 2.20. The summed E-state index contributed by atoms with van der Waals surface area (Å²) in [5, 5.41) is 0.164. The lowest BCUT2D eigenvalue weighted by Crippen LogP contribution is -2.23. The van der Waals surface area contributed by atoms with E-state index < -0.39 is 10.0 Å². The van der Waals surface area contributed by atoms with Crippen LogP contribution in [0.1, 0.15) is 10.4 Å². The number of rotatable bonds is 4. The Bertz CT molecular complexity index is 587. The zero-order valence-electron chi connectivity index (χ0n) is 9.58. The van der Waals surface area contributed by atoms with E-state index in [0.29, 0.717) is 0 Å². The van der Waals surface area contributed by atoms with Crippen molar-refractivity contribution >= 4 is 54.9 Å². The van der Waals surface area contributed by atoms with Crippen molar-refractivity contribution in [2.24, 2.45) is 0 Å². The van der Waals surface area contributed by atoms with E-state index in [1.165, 1.54) is 26.2 Å². The van der Waals surface area contributed by atoms with Gasteiger partial charge >= 0.3 is 0 Å². The summed E-state index contributed by atoms with van der Waals surface area (Å²) >= 11 is 14.7. The number of benzene rings is 1. The third-order valence-corrected chi connectivity index (χ3v) is 5.30. The minimum Gasteiger partial charge on any atom is -0.293 e. The van der Waals surface area contributed by atoms with Crippen LogP contribution in [0.3, 0.4) is 0 Å². The van der Waals surface area contributed by atoms with E-state index in [4.69, 9.17) is 23.2 Å². The molecule has 1 aromatic carbocycles. The van der Waals surface area contributed by atoms with E-state index >= 15 is 0 Å². The van der Waals surface area contributed by atoms with Crippen molar-refractivity contribution in [3.8, 4) is 0 Å². The van der Waals surface area contributed by atoms with Crippen LogP contribution in [0.25, 0.3) is 0 Å². The van der Waals surface area contributed by atoms with E-state index in [1.54, 1.807) is 0 Å². The van der Waals surface area contributed by atoms with Crippen molar-refractivity contribution in [3.05, 3.63) is 27.7 Å². The van der Waals surface area contributed by atoms with Gasteiger partial charge in [0.25, 0.3) is 0 Å². The lowest BCUT2D eigenvalue weighted by Gasteiger charge is -2.14. The second kappa shape index (κ2) is 5.88. The molecule has 0 bridgehead atoms. The van der Waals surface area contributed by atoms with Crippen LogP contribution >= 0.6 is 39.1 Å². The highest BCUT2D eigenvalue weighted by Crippen LogP contribution is 2.30. The van der Waals surface area contributed by atoms with Crippen LogP contribution in [0.4, 0.5) is 0 Å². The zero-order chi connectivity index (χ0) is 14.1. The van der Waals surface area contributed by atoms with Gasteiger partial charge in [0.15, 0.2) is 5.78 Å². The molecule has 0 aliphatic carbocycles. The van der Waals surface area contributed by atoms with Gasteiger partial charge in [0.1, 0.15) is 4.90 Å². The predicted molar refractivity (Wildman–Crippen MR) is 75.5 cm³/mol. The Balaban J connectivity index is 3.53. The van der Waals surface area contributed by atoms with Gasteiger partial charge in [-0.2, -0.15) is 0 Å². The molecule has 0 saturated carbocycles. The van der Waals surface area contributed by atoms with Crippen LogP contribution in [-0.2, 0) is 10.0 Å². The maximum Gasteiger partial charge on any atom is 0.244 e. The van der Waals surface area contributed by atoms with Crippen molar-refractivity contribution < 1.29 is 13.2 Å². The molecule has 0 fully saturated rings. The first-order valence-electron chi connectivity index (χ1n) is 4.72. The van der Waals surface area contributed by atoms with Gasteiger partial charge in [0.2, 0.25) is 10.0 Å². The Labute approximate surface area is 124 Å². The highest BCUT2D eigenvalue weighted by atomic mass is 79.9. The Kier molecular flexibility index (Phi) is 5.20. The summed E-state index contributed by atoms with van der Waals surface area (Å²) < 4.78 is 25.0. The highest BCUT2D eigenvalue weighted by Gasteiger charge is 2.24. The van der Waals surface area contributed by atoms with Gasteiger partial charge in [-0.15, -0.1) is 0 Å². The molecule has 0 saturated heterocycles. The first kappa shape index (κ1) is 15.9. The molecule has 4 nitrogen and oxygen atoms in total. The molecular weight excluding hydrogens is 365 g/mol. The first-order chi connectivity index (χ1) is 8.21. The van der Waals surface area contributed by atoms with E-state index in [1.807, 2.05) is 0 Å². The van der Waals surface area contributed by atoms with Crippen molar-refractivity contribution in [2.75, 3.05) is 19.4 Å². The molecule has 0 aliphatic rings. The van der Waals surface area contributed by atoms with E-state index in [9.17, 15) is 13.2 Å². The average Bonchev–Trinajstić information content (AvgIpc) is 2.27. The smallest absolute Gasteiger partial charge is 0.244 e. The summed E-state index contributed by atoms with van der Waals surface area (Å²) in [5.74, 6) is -0.313. The maximum absolute atomic E-state index is 12.0. The summed E-state index contributed by atoms with van der Waals surface area (Å²) in [7, 11) is -0.951. The normalized spacial score (nSPS) is 11.9. The van der Waals surface area contributed by atoms with E-state index in [2.05, 4.69) is 15.9 Å². The van der Waals surface area contributed by atoms with Gasteiger partial charge < -0.3 is 0 Å². The van der Waals surface area contributed by atoms with Crippen LogP contribution in [-0.4, -0.2) is 37.9 Å². The summed E-state index contributed by atoms with van der Waals surface area (Å²) in [6.45, 7) is 0. The van der Waals surface area contributed by atoms with Gasteiger partial charge in [0.05, 0.1) is 15.4 Å². The van der Waals surface area contributed by atoms with Crippen LogP contribution < -0.4 is 0 Å². The number of hydrogen-bond donors (Lipinski definition) is 0. The third kappa shape index (κ3) is 3.05. The molecule has 0 aliphatic heterocycles. The minimum absolute atomic E-state index is 0.0141. The number of carbonyl (C=O) groups is 1. The molecule has 100 valence electrons. The maximum atomic E-state index is 12.0. The zero-order valence-corrected chi connectivity index (χ0v) is 13.5. The average molecular weight is 375 g/mol. The quantitative estimate of drug-likeness (QED) is 0.601. The van der Waals surface area contributed by atoms with Crippen LogP contribution in [0.15, 0.2) is 17.0 Å². The van der Waals surface area contributed by atoms with Gasteiger partial charge in [0, 0.05) is 19.7 Å². The molecule has 0 heterocycles. The topological polar surface area (TPSA) is 54.5 Å². The molecular formula is C10H10BrCl2NO3S. The van der Waals surface area contributed by atoms with Gasteiger partial charge in [-0.25, -0.2) is 12.7 Å². The van der Waals surface area contributed by atoms with Gasteiger partial charge in [-0.1, -0.05) is 39.1 Å².